The van der Waals surface area contributed by atoms with Crippen molar-refractivity contribution < 1.29 is 19.2 Å². The molecule has 0 unspecified atom stereocenters. The maximum atomic E-state index is 11.1. The number of carbonyl (C=O) groups excluding carboxylic acids is 1. The molecule has 0 bridgehead atoms. The summed E-state index contributed by atoms with van der Waals surface area (Å²) in [5.74, 6) is -0.156. The molecule has 0 heterocycles. The van der Waals surface area contributed by atoms with Crippen LogP contribution in [-0.2, 0) is 0 Å². The van der Waals surface area contributed by atoms with Crippen molar-refractivity contribution in [2.45, 2.75) is 0 Å². The van der Waals surface area contributed by atoms with Gasteiger partial charge in [-0.3, -0.25) is 14.9 Å². The maximum absolute atomic E-state index is 11.1. The Labute approximate surface area is 106 Å². The highest BCUT2D eigenvalue weighted by Gasteiger charge is 2.29. The molecule has 0 aliphatic heterocycles. The van der Waals surface area contributed by atoms with Crippen LogP contribution in [0.15, 0.2) is 6.07 Å². The highest BCUT2D eigenvalue weighted by Crippen LogP contribution is 2.44. The summed E-state index contributed by atoms with van der Waals surface area (Å²) in [5.41, 5.74) is -0.768. The van der Waals surface area contributed by atoms with Gasteiger partial charge in [-0.1, -0.05) is 11.6 Å². The van der Waals surface area contributed by atoms with E-state index >= 15 is 0 Å². The highest BCUT2D eigenvalue weighted by molar-refractivity contribution is 6.69. The molecule has 1 rings (SSSR count). The molecule has 1 aromatic carbocycles. The van der Waals surface area contributed by atoms with Crippen LogP contribution in [0.1, 0.15) is 10.4 Å². The molecule has 0 atom stereocenters. The summed E-state index contributed by atoms with van der Waals surface area (Å²) in [4.78, 5) is 21.2. The second kappa shape index (κ2) is 5.20. The number of hydrogen-bond donors (Lipinski definition) is 0. The predicted molar refractivity (Wildman–Crippen MR) is 61.4 cm³/mol. The molecular formula is C9H7Cl2NO5. The maximum Gasteiger partial charge on any atom is 0.334 e. The first-order valence-electron chi connectivity index (χ1n) is 4.22. The summed E-state index contributed by atoms with van der Waals surface area (Å²) in [7, 11) is 2.50. The van der Waals surface area contributed by atoms with Crippen molar-refractivity contribution in [3.63, 3.8) is 0 Å². The van der Waals surface area contributed by atoms with Gasteiger partial charge in [0.15, 0.2) is 5.75 Å². The Morgan fingerprint density at radius 2 is 2.00 bits per heavy atom. The van der Waals surface area contributed by atoms with E-state index in [1.54, 1.807) is 0 Å². The van der Waals surface area contributed by atoms with Crippen LogP contribution in [0, 0.1) is 10.1 Å². The van der Waals surface area contributed by atoms with Crippen molar-refractivity contribution in [1.29, 1.82) is 0 Å². The molecule has 0 aromatic heterocycles. The van der Waals surface area contributed by atoms with Gasteiger partial charge in [0, 0.05) is 0 Å². The molecule has 0 radical (unpaired) electrons. The summed E-state index contributed by atoms with van der Waals surface area (Å²) in [6.07, 6.45) is 0. The number of nitrogens with zero attached hydrogens (tertiary/aromatic N) is 1. The van der Waals surface area contributed by atoms with E-state index in [0.29, 0.717) is 0 Å². The fourth-order valence-electron chi connectivity index (χ4n) is 1.26. The summed E-state index contributed by atoms with van der Waals surface area (Å²) < 4.78 is 9.71. The number of nitro groups is 1. The lowest BCUT2D eigenvalue weighted by atomic mass is 10.2. The van der Waals surface area contributed by atoms with Gasteiger partial charge in [-0.05, 0) is 17.7 Å². The molecule has 0 saturated carbocycles. The van der Waals surface area contributed by atoms with Gasteiger partial charge in [-0.2, -0.15) is 0 Å². The minimum Gasteiger partial charge on any atom is -0.493 e. The lowest BCUT2D eigenvalue weighted by molar-refractivity contribution is -0.385. The smallest absolute Gasteiger partial charge is 0.334 e. The van der Waals surface area contributed by atoms with Crippen LogP contribution in [0.5, 0.6) is 11.5 Å². The van der Waals surface area contributed by atoms with E-state index in [1.807, 2.05) is 0 Å². The van der Waals surface area contributed by atoms with Crippen LogP contribution in [0.3, 0.4) is 0 Å². The molecule has 6 nitrogen and oxygen atoms in total. The minimum atomic E-state index is -0.918. The molecule has 0 amide bonds. The zero-order valence-corrected chi connectivity index (χ0v) is 10.3. The van der Waals surface area contributed by atoms with E-state index in [-0.39, 0.29) is 22.1 Å². The largest absolute Gasteiger partial charge is 0.493 e. The van der Waals surface area contributed by atoms with E-state index < -0.39 is 15.9 Å². The van der Waals surface area contributed by atoms with Gasteiger partial charge in [0.05, 0.1) is 24.7 Å². The number of benzene rings is 1. The molecule has 0 fully saturated rings. The fourth-order valence-corrected chi connectivity index (χ4v) is 1.75. The SMILES string of the molecule is COc1cc(C(=O)Cl)c(Cl)c([N+](=O)[O-])c1OC. The van der Waals surface area contributed by atoms with Crippen LogP contribution < -0.4 is 9.47 Å². The van der Waals surface area contributed by atoms with Crippen LogP contribution in [-0.4, -0.2) is 24.4 Å². The van der Waals surface area contributed by atoms with Gasteiger partial charge in [0.2, 0.25) is 5.75 Å². The Balaban J connectivity index is 3.69. The zero-order chi connectivity index (χ0) is 13.2. The van der Waals surface area contributed by atoms with Crippen molar-refractivity contribution in [2.75, 3.05) is 14.2 Å². The topological polar surface area (TPSA) is 78.7 Å². The van der Waals surface area contributed by atoms with Crippen molar-refractivity contribution >= 4 is 34.1 Å². The van der Waals surface area contributed by atoms with Gasteiger partial charge in [0.1, 0.15) is 5.02 Å². The summed E-state index contributed by atoms with van der Waals surface area (Å²) in [6, 6.07) is 1.18. The monoisotopic (exact) mass is 279 g/mol. The number of carbonyl (C=O) groups is 1. The minimum absolute atomic E-state index is 0.00704. The third-order valence-electron chi connectivity index (χ3n) is 1.98. The van der Waals surface area contributed by atoms with Crippen LogP contribution in [0.2, 0.25) is 5.02 Å². The second-order valence-corrected chi connectivity index (χ2v) is 3.57. The van der Waals surface area contributed by atoms with Crippen LogP contribution in [0.4, 0.5) is 5.69 Å². The second-order valence-electron chi connectivity index (χ2n) is 2.85. The molecule has 1 aromatic rings. The number of ether oxygens (including phenoxy) is 2. The molecule has 0 saturated heterocycles. The highest BCUT2D eigenvalue weighted by atomic mass is 35.5. The first kappa shape index (κ1) is 13.5. The standard InChI is InChI=1S/C9H7Cl2NO5/c1-16-5-3-4(9(11)13)6(10)7(12(14)15)8(5)17-2/h3H,1-2H3. The molecule has 0 spiro atoms. The lowest BCUT2D eigenvalue weighted by Crippen LogP contribution is -2.02. The Bertz CT molecular complexity index is 489. The van der Waals surface area contributed by atoms with E-state index in [0.717, 1.165) is 0 Å². The van der Waals surface area contributed by atoms with E-state index in [9.17, 15) is 14.9 Å². The molecule has 0 N–H and O–H groups in total. The average Bonchev–Trinajstić information content (AvgIpc) is 2.26. The first-order valence-corrected chi connectivity index (χ1v) is 4.98. The molecule has 0 aliphatic carbocycles. The first-order chi connectivity index (χ1) is 7.93. The van der Waals surface area contributed by atoms with Gasteiger partial charge in [-0.25, -0.2) is 0 Å². The normalized spacial score (nSPS) is 9.88. The lowest BCUT2D eigenvalue weighted by Gasteiger charge is -2.10. The fraction of sp³-hybridized carbons (Fsp3) is 0.222. The molecule has 92 valence electrons. The molecule has 17 heavy (non-hydrogen) atoms. The van der Waals surface area contributed by atoms with Crippen LogP contribution in [0.25, 0.3) is 0 Å². The number of nitro benzene ring substituents is 1. The Morgan fingerprint density at radius 3 is 2.35 bits per heavy atom. The summed E-state index contributed by atoms with van der Waals surface area (Å²) in [5, 5.41) is 9.58. The van der Waals surface area contributed by atoms with Crippen LogP contribution >= 0.6 is 23.2 Å². The summed E-state index contributed by atoms with van der Waals surface area (Å²) >= 11 is 11.0. The number of halogens is 2. The van der Waals surface area contributed by atoms with Gasteiger partial charge in [-0.15, -0.1) is 0 Å². The Kier molecular flexibility index (Phi) is 4.14. The van der Waals surface area contributed by atoms with Crippen molar-refractivity contribution in [3.8, 4) is 11.5 Å². The molecule has 8 heteroatoms. The van der Waals surface area contributed by atoms with E-state index in [4.69, 9.17) is 32.7 Å². The quantitative estimate of drug-likeness (QED) is 0.481. The van der Waals surface area contributed by atoms with Crippen molar-refractivity contribution in [2.24, 2.45) is 0 Å². The molecule has 0 aliphatic rings. The zero-order valence-electron chi connectivity index (χ0n) is 8.82. The number of hydrogen-bond acceptors (Lipinski definition) is 5. The molecular weight excluding hydrogens is 273 g/mol. The van der Waals surface area contributed by atoms with Gasteiger partial charge >= 0.3 is 5.69 Å². The number of methoxy groups -OCH3 is 2. The Hall–Kier alpha value is -1.53. The van der Waals surface area contributed by atoms with E-state index in [2.05, 4.69) is 0 Å². The van der Waals surface area contributed by atoms with Gasteiger partial charge in [0.25, 0.3) is 5.24 Å². The third kappa shape index (κ3) is 2.42. The Morgan fingerprint density at radius 1 is 1.41 bits per heavy atom. The number of rotatable bonds is 4. The summed E-state index contributed by atoms with van der Waals surface area (Å²) in [6.45, 7) is 0. The van der Waals surface area contributed by atoms with Crippen molar-refractivity contribution in [3.05, 3.63) is 26.8 Å². The third-order valence-corrected chi connectivity index (χ3v) is 2.56. The van der Waals surface area contributed by atoms with Crippen molar-refractivity contribution in [1.82, 2.24) is 0 Å². The average molecular weight is 280 g/mol. The van der Waals surface area contributed by atoms with E-state index in [1.165, 1.54) is 20.3 Å². The van der Waals surface area contributed by atoms with Gasteiger partial charge < -0.3 is 9.47 Å². The predicted octanol–water partition coefficient (Wildman–Crippen LogP) is 2.64.